The van der Waals surface area contributed by atoms with Crippen molar-refractivity contribution in [3.8, 4) is 0 Å². The monoisotopic (exact) mass is 211 g/mol. The van der Waals surface area contributed by atoms with Crippen LogP contribution in [0.2, 0.25) is 0 Å². The number of hydrogen-bond acceptors (Lipinski definition) is 4. The number of rotatable bonds is 2. The van der Waals surface area contributed by atoms with Gasteiger partial charge in [-0.2, -0.15) is 5.10 Å². The number of ether oxygens (including phenoxy) is 1. The van der Waals surface area contributed by atoms with Crippen molar-refractivity contribution in [2.45, 2.75) is 39.8 Å². The summed E-state index contributed by atoms with van der Waals surface area (Å²) in [6, 6.07) is 0. The molecule has 0 aliphatic rings. The third-order valence-corrected chi connectivity index (χ3v) is 1.69. The summed E-state index contributed by atoms with van der Waals surface area (Å²) in [5.41, 5.74) is 5.95. The molecule has 0 aliphatic carbocycles. The third kappa shape index (κ3) is 3.61. The van der Waals surface area contributed by atoms with Gasteiger partial charge in [0.15, 0.2) is 0 Å². The van der Waals surface area contributed by atoms with Crippen molar-refractivity contribution in [1.82, 2.24) is 9.78 Å². The summed E-state index contributed by atoms with van der Waals surface area (Å²) >= 11 is 0. The van der Waals surface area contributed by atoms with Crippen molar-refractivity contribution in [2.75, 3.05) is 5.73 Å². The minimum Gasteiger partial charge on any atom is -0.459 e. The summed E-state index contributed by atoms with van der Waals surface area (Å²) in [6.07, 6.45) is 1.72. The van der Waals surface area contributed by atoms with E-state index in [9.17, 15) is 4.79 Å². The first-order valence-electron chi connectivity index (χ1n) is 4.79. The van der Waals surface area contributed by atoms with E-state index in [1.165, 1.54) is 4.68 Å². The van der Waals surface area contributed by atoms with Crippen molar-refractivity contribution in [3.05, 3.63) is 11.8 Å². The average molecular weight is 211 g/mol. The minimum absolute atomic E-state index is 0.0926. The second kappa shape index (κ2) is 3.92. The molecule has 1 heterocycles. The summed E-state index contributed by atoms with van der Waals surface area (Å²) < 4.78 is 6.64. The Morgan fingerprint density at radius 3 is 2.60 bits per heavy atom. The van der Waals surface area contributed by atoms with E-state index < -0.39 is 5.60 Å². The molecule has 0 atom stereocenters. The fourth-order valence-electron chi connectivity index (χ4n) is 1.12. The number of esters is 1. The van der Waals surface area contributed by atoms with E-state index in [0.717, 1.165) is 5.56 Å². The number of nitrogens with two attached hydrogens (primary N) is 1. The lowest BCUT2D eigenvalue weighted by Crippen LogP contribution is -2.26. The first-order chi connectivity index (χ1) is 6.78. The molecule has 0 fully saturated rings. The maximum Gasteiger partial charge on any atom is 0.328 e. The average Bonchev–Trinajstić information content (AvgIpc) is 2.26. The largest absolute Gasteiger partial charge is 0.459 e. The van der Waals surface area contributed by atoms with Crippen LogP contribution in [0.25, 0.3) is 0 Å². The zero-order chi connectivity index (χ0) is 11.6. The molecule has 0 unspecified atom stereocenters. The fraction of sp³-hybridized carbons (Fsp3) is 0.600. The van der Waals surface area contributed by atoms with Crippen molar-refractivity contribution in [2.24, 2.45) is 0 Å². The number of hydrogen-bond donors (Lipinski definition) is 1. The summed E-state index contributed by atoms with van der Waals surface area (Å²) in [7, 11) is 0. The van der Waals surface area contributed by atoms with Gasteiger partial charge in [-0.25, -0.2) is 0 Å². The van der Waals surface area contributed by atoms with Crippen molar-refractivity contribution in [1.29, 1.82) is 0 Å². The molecule has 0 saturated carbocycles. The second-order valence-electron chi connectivity index (χ2n) is 4.48. The van der Waals surface area contributed by atoms with Gasteiger partial charge in [0, 0.05) is 11.8 Å². The molecule has 0 radical (unpaired) electrons. The van der Waals surface area contributed by atoms with Crippen LogP contribution < -0.4 is 5.73 Å². The van der Waals surface area contributed by atoms with Gasteiger partial charge in [0.25, 0.3) is 0 Å². The van der Waals surface area contributed by atoms with Crippen molar-refractivity contribution < 1.29 is 9.53 Å². The Morgan fingerprint density at radius 2 is 2.20 bits per heavy atom. The van der Waals surface area contributed by atoms with Gasteiger partial charge in [-0.1, -0.05) is 0 Å². The van der Waals surface area contributed by atoms with Crippen molar-refractivity contribution >= 4 is 11.8 Å². The predicted molar refractivity (Wildman–Crippen MR) is 57.2 cm³/mol. The molecule has 1 aromatic heterocycles. The summed E-state index contributed by atoms with van der Waals surface area (Å²) in [5.74, 6) is 0.128. The minimum atomic E-state index is -0.467. The molecule has 0 aromatic carbocycles. The van der Waals surface area contributed by atoms with E-state index in [4.69, 9.17) is 10.5 Å². The van der Waals surface area contributed by atoms with E-state index in [2.05, 4.69) is 5.10 Å². The molecule has 15 heavy (non-hydrogen) atoms. The van der Waals surface area contributed by atoms with Crippen LogP contribution >= 0.6 is 0 Å². The van der Waals surface area contributed by atoms with Crippen LogP contribution in [0.15, 0.2) is 6.20 Å². The van der Waals surface area contributed by atoms with Gasteiger partial charge >= 0.3 is 5.97 Å². The Morgan fingerprint density at radius 1 is 1.60 bits per heavy atom. The zero-order valence-electron chi connectivity index (χ0n) is 9.57. The van der Waals surface area contributed by atoms with Gasteiger partial charge in [-0.3, -0.25) is 9.48 Å². The number of carbonyl (C=O) groups is 1. The Bertz CT molecular complexity index is 344. The maximum atomic E-state index is 11.4. The molecular formula is C10H17N3O2. The molecule has 0 bridgehead atoms. The molecule has 0 amide bonds. The molecule has 5 heteroatoms. The van der Waals surface area contributed by atoms with Crippen LogP contribution in [0.1, 0.15) is 26.3 Å². The van der Waals surface area contributed by atoms with E-state index >= 15 is 0 Å². The molecular weight excluding hydrogens is 194 g/mol. The lowest BCUT2D eigenvalue weighted by molar-refractivity contribution is -0.155. The lowest BCUT2D eigenvalue weighted by atomic mass is 10.2. The van der Waals surface area contributed by atoms with Gasteiger partial charge < -0.3 is 10.5 Å². The molecule has 2 N–H and O–H groups in total. The Balaban J connectivity index is 2.59. The maximum absolute atomic E-state index is 11.4. The highest BCUT2D eigenvalue weighted by Crippen LogP contribution is 2.09. The molecule has 0 spiro atoms. The lowest BCUT2D eigenvalue weighted by Gasteiger charge is -2.19. The zero-order valence-corrected chi connectivity index (χ0v) is 9.57. The normalized spacial score (nSPS) is 11.5. The van der Waals surface area contributed by atoms with E-state index in [-0.39, 0.29) is 12.5 Å². The fourth-order valence-corrected chi connectivity index (χ4v) is 1.12. The Labute approximate surface area is 89.2 Å². The Kier molecular flexibility index (Phi) is 3.02. The van der Waals surface area contributed by atoms with E-state index in [0.29, 0.717) is 5.82 Å². The molecule has 5 nitrogen and oxygen atoms in total. The number of anilines is 1. The SMILES string of the molecule is Cc1cn(CC(=O)OC(C)(C)C)nc1N. The van der Waals surface area contributed by atoms with Crippen LogP contribution in [0, 0.1) is 6.92 Å². The molecule has 84 valence electrons. The summed E-state index contributed by atoms with van der Waals surface area (Å²) in [6.45, 7) is 7.41. The molecule has 0 saturated heterocycles. The van der Waals surface area contributed by atoms with E-state index in [1.54, 1.807) is 6.20 Å². The topological polar surface area (TPSA) is 70.1 Å². The van der Waals surface area contributed by atoms with Crippen LogP contribution in [0.3, 0.4) is 0 Å². The standard InChI is InChI=1S/C10H17N3O2/c1-7-5-13(12-9(7)11)6-8(14)15-10(2,3)4/h5H,6H2,1-4H3,(H2,11,12). The summed E-state index contributed by atoms with van der Waals surface area (Å²) in [5, 5.41) is 3.97. The predicted octanol–water partition coefficient (Wildman–Crippen LogP) is 1.12. The second-order valence-corrected chi connectivity index (χ2v) is 4.48. The molecule has 1 aromatic rings. The van der Waals surface area contributed by atoms with Gasteiger partial charge in [-0.05, 0) is 27.7 Å². The first kappa shape index (κ1) is 11.6. The summed E-state index contributed by atoms with van der Waals surface area (Å²) in [4.78, 5) is 11.4. The first-order valence-corrected chi connectivity index (χ1v) is 4.79. The van der Waals surface area contributed by atoms with E-state index in [1.807, 2.05) is 27.7 Å². The highest BCUT2D eigenvalue weighted by Gasteiger charge is 2.16. The van der Waals surface area contributed by atoms with Crippen LogP contribution in [0.4, 0.5) is 5.82 Å². The highest BCUT2D eigenvalue weighted by molar-refractivity contribution is 5.69. The molecule has 0 aliphatic heterocycles. The van der Waals surface area contributed by atoms with Crippen LogP contribution in [-0.4, -0.2) is 21.4 Å². The van der Waals surface area contributed by atoms with Gasteiger partial charge in [0.2, 0.25) is 0 Å². The quantitative estimate of drug-likeness (QED) is 0.744. The Hall–Kier alpha value is -1.52. The van der Waals surface area contributed by atoms with Gasteiger partial charge in [-0.15, -0.1) is 0 Å². The number of carbonyl (C=O) groups excluding carboxylic acids is 1. The highest BCUT2D eigenvalue weighted by atomic mass is 16.6. The smallest absolute Gasteiger partial charge is 0.328 e. The third-order valence-electron chi connectivity index (χ3n) is 1.69. The number of nitrogens with zero attached hydrogens (tertiary/aromatic N) is 2. The number of aromatic nitrogens is 2. The van der Waals surface area contributed by atoms with Crippen LogP contribution in [0.5, 0.6) is 0 Å². The molecule has 1 rings (SSSR count). The van der Waals surface area contributed by atoms with Crippen LogP contribution in [-0.2, 0) is 16.1 Å². The number of nitrogen functional groups attached to an aromatic ring is 1. The van der Waals surface area contributed by atoms with Gasteiger partial charge in [0.05, 0.1) is 0 Å². The van der Waals surface area contributed by atoms with Gasteiger partial charge in [0.1, 0.15) is 18.0 Å². The van der Waals surface area contributed by atoms with Crippen molar-refractivity contribution in [3.63, 3.8) is 0 Å². The number of aryl methyl sites for hydroxylation is 1.